The van der Waals surface area contributed by atoms with Crippen molar-refractivity contribution in [2.24, 2.45) is 0 Å². The van der Waals surface area contributed by atoms with Crippen LogP contribution in [0.1, 0.15) is 24.2 Å². The van der Waals surface area contributed by atoms with Gasteiger partial charge in [-0.3, -0.25) is 0 Å². The van der Waals surface area contributed by atoms with Crippen molar-refractivity contribution < 1.29 is 9.21 Å². The van der Waals surface area contributed by atoms with Crippen molar-refractivity contribution in [2.75, 3.05) is 6.54 Å². The number of carbonyl (C=O) groups is 1. The molecular formula is C15H18N2O2. The molecule has 2 N–H and O–H groups in total. The Morgan fingerprint density at radius 3 is 2.63 bits per heavy atom. The van der Waals surface area contributed by atoms with Gasteiger partial charge in [0.15, 0.2) is 0 Å². The van der Waals surface area contributed by atoms with Gasteiger partial charge in [-0.15, -0.1) is 0 Å². The quantitative estimate of drug-likeness (QED) is 0.866. The number of furan rings is 1. The second-order valence-electron chi connectivity index (χ2n) is 4.45. The van der Waals surface area contributed by atoms with Gasteiger partial charge in [0.05, 0.1) is 12.8 Å². The minimum atomic E-state index is -0.181. The molecule has 0 aliphatic rings. The van der Waals surface area contributed by atoms with E-state index in [4.69, 9.17) is 4.42 Å². The molecular weight excluding hydrogens is 240 g/mol. The molecule has 4 nitrogen and oxygen atoms in total. The molecule has 100 valence electrons. The van der Waals surface area contributed by atoms with Crippen molar-refractivity contribution in [1.82, 2.24) is 10.6 Å². The summed E-state index contributed by atoms with van der Waals surface area (Å²) < 4.78 is 5.14. The minimum Gasteiger partial charge on any atom is -0.467 e. The summed E-state index contributed by atoms with van der Waals surface area (Å²) in [6, 6.07) is 13.6. The number of hydrogen-bond donors (Lipinski definition) is 2. The van der Waals surface area contributed by atoms with E-state index in [0.717, 1.165) is 5.76 Å². The van der Waals surface area contributed by atoms with E-state index < -0.39 is 0 Å². The first-order chi connectivity index (χ1) is 9.25. The highest BCUT2D eigenvalue weighted by Gasteiger charge is 2.07. The van der Waals surface area contributed by atoms with Gasteiger partial charge in [-0.1, -0.05) is 37.3 Å². The number of hydrogen-bond acceptors (Lipinski definition) is 2. The number of nitrogens with one attached hydrogen (secondary N) is 2. The summed E-state index contributed by atoms with van der Waals surface area (Å²) in [5.41, 5.74) is 1.22. The van der Waals surface area contributed by atoms with Gasteiger partial charge >= 0.3 is 6.03 Å². The maximum Gasteiger partial charge on any atom is 0.315 e. The Morgan fingerprint density at radius 2 is 1.95 bits per heavy atom. The fraction of sp³-hybridized carbons (Fsp3) is 0.267. The summed E-state index contributed by atoms with van der Waals surface area (Å²) in [6.45, 7) is 3.09. The van der Waals surface area contributed by atoms with Crippen LogP contribution < -0.4 is 10.6 Å². The van der Waals surface area contributed by atoms with E-state index >= 15 is 0 Å². The highest BCUT2D eigenvalue weighted by molar-refractivity contribution is 5.73. The molecule has 1 unspecified atom stereocenters. The average molecular weight is 258 g/mol. The van der Waals surface area contributed by atoms with Gasteiger partial charge in [-0.25, -0.2) is 4.79 Å². The van der Waals surface area contributed by atoms with E-state index in [1.165, 1.54) is 5.56 Å². The van der Waals surface area contributed by atoms with E-state index in [2.05, 4.69) is 29.7 Å². The third-order valence-corrected chi connectivity index (χ3v) is 2.94. The van der Waals surface area contributed by atoms with Crippen molar-refractivity contribution in [2.45, 2.75) is 19.4 Å². The lowest BCUT2D eigenvalue weighted by molar-refractivity contribution is 0.239. The molecule has 1 aromatic carbocycles. The molecule has 0 saturated carbocycles. The lowest BCUT2D eigenvalue weighted by Crippen LogP contribution is -2.36. The molecule has 0 bridgehead atoms. The topological polar surface area (TPSA) is 54.3 Å². The fourth-order valence-electron chi connectivity index (χ4n) is 1.79. The molecule has 19 heavy (non-hydrogen) atoms. The monoisotopic (exact) mass is 258 g/mol. The van der Waals surface area contributed by atoms with Crippen molar-refractivity contribution >= 4 is 6.03 Å². The van der Waals surface area contributed by atoms with Crippen LogP contribution in [-0.4, -0.2) is 12.6 Å². The van der Waals surface area contributed by atoms with Crippen molar-refractivity contribution in [3.63, 3.8) is 0 Å². The molecule has 2 rings (SSSR count). The minimum absolute atomic E-state index is 0.181. The highest BCUT2D eigenvalue weighted by atomic mass is 16.3. The summed E-state index contributed by atoms with van der Waals surface area (Å²) in [7, 11) is 0. The third-order valence-electron chi connectivity index (χ3n) is 2.94. The molecule has 4 heteroatoms. The molecule has 0 saturated heterocycles. The van der Waals surface area contributed by atoms with Gasteiger partial charge < -0.3 is 15.1 Å². The SMILES string of the molecule is CC(CNC(=O)NCc1ccco1)c1ccccc1. The van der Waals surface area contributed by atoms with Gasteiger partial charge in [0.1, 0.15) is 5.76 Å². The van der Waals surface area contributed by atoms with Crippen molar-refractivity contribution in [3.05, 3.63) is 60.1 Å². The normalized spacial score (nSPS) is 11.8. The number of benzene rings is 1. The summed E-state index contributed by atoms with van der Waals surface area (Å²) in [4.78, 5) is 11.6. The van der Waals surface area contributed by atoms with Crippen molar-refractivity contribution in [1.29, 1.82) is 0 Å². The summed E-state index contributed by atoms with van der Waals surface area (Å²) in [5, 5.41) is 5.60. The van der Waals surface area contributed by atoms with Gasteiger partial charge in [-0.05, 0) is 23.6 Å². The van der Waals surface area contributed by atoms with Crippen LogP contribution in [0.2, 0.25) is 0 Å². The number of urea groups is 1. The maximum absolute atomic E-state index is 11.6. The second kappa shape index (κ2) is 6.64. The molecule has 0 spiro atoms. The number of amides is 2. The largest absolute Gasteiger partial charge is 0.467 e. The van der Waals surface area contributed by atoms with Crippen LogP contribution in [0.25, 0.3) is 0 Å². The molecule has 2 amide bonds. The van der Waals surface area contributed by atoms with Crippen molar-refractivity contribution in [3.8, 4) is 0 Å². The Balaban J connectivity index is 1.71. The molecule has 0 aliphatic carbocycles. The van der Waals surface area contributed by atoms with Gasteiger partial charge in [-0.2, -0.15) is 0 Å². The van der Waals surface area contributed by atoms with E-state index in [1.807, 2.05) is 24.3 Å². The van der Waals surface area contributed by atoms with E-state index in [9.17, 15) is 4.79 Å². The molecule has 0 aliphatic heterocycles. The third kappa shape index (κ3) is 4.17. The average Bonchev–Trinajstić information content (AvgIpc) is 2.96. The van der Waals surface area contributed by atoms with Gasteiger partial charge in [0, 0.05) is 6.54 Å². The number of carbonyl (C=O) groups excluding carboxylic acids is 1. The predicted octanol–water partition coefficient (Wildman–Crippen LogP) is 2.88. The van der Waals surface area contributed by atoms with E-state index in [0.29, 0.717) is 13.1 Å². The zero-order valence-corrected chi connectivity index (χ0v) is 10.9. The first-order valence-corrected chi connectivity index (χ1v) is 6.34. The van der Waals surface area contributed by atoms with Crippen LogP contribution in [0.4, 0.5) is 4.79 Å². The summed E-state index contributed by atoms with van der Waals surface area (Å²) in [5.74, 6) is 1.03. The standard InChI is InChI=1S/C15H18N2O2/c1-12(13-6-3-2-4-7-13)10-16-15(18)17-11-14-8-5-9-19-14/h2-9,12H,10-11H2,1H3,(H2,16,17,18). The van der Waals surface area contributed by atoms with Gasteiger partial charge in [0.2, 0.25) is 0 Å². The zero-order valence-electron chi connectivity index (χ0n) is 10.9. The lowest BCUT2D eigenvalue weighted by atomic mass is 10.0. The summed E-state index contributed by atoms with van der Waals surface area (Å²) in [6.07, 6.45) is 1.59. The van der Waals surface area contributed by atoms with Crippen LogP contribution >= 0.6 is 0 Å². The summed E-state index contributed by atoms with van der Waals surface area (Å²) >= 11 is 0. The first-order valence-electron chi connectivity index (χ1n) is 6.34. The Labute approximate surface area is 112 Å². The first kappa shape index (κ1) is 13.2. The Morgan fingerprint density at radius 1 is 1.16 bits per heavy atom. The van der Waals surface area contributed by atoms with Gasteiger partial charge in [0.25, 0.3) is 0 Å². The predicted molar refractivity (Wildman–Crippen MR) is 73.8 cm³/mol. The Bertz CT molecular complexity index is 494. The van der Waals surface area contributed by atoms with Crippen LogP contribution in [0.15, 0.2) is 53.1 Å². The lowest BCUT2D eigenvalue weighted by Gasteiger charge is -2.13. The molecule has 1 heterocycles. The van der Waals surface area contributed by atoms with Crippen LogP contribution in [-0.2, 0) is 6.54 Å². The smallest absolute Gasteiger partial charge is 0.315 e. The molecule has 0 radical (unpaired) electrons. The second-order valence-corrected chi connectivity index (χ2v) is 4.45. The molecule has 2 aromatic rings. The fourth-order valence-corrected chi connectivity index (χ4v) is 1.79. The van der Waals surface area contributed by atoms with Crippen LogP contribution in [0.3, 0.4) is 0 Å². The molecule has 1 atom stereocenters. The molecule has 0 fully saturated rings. The van der Waals surface area contributed by atoms with Crippen LogP contribution in [0, 0.1) is 0 Å². The zero-order chi connectivity index (χ0) is 13.5. The van der Waals surface area contributed by atoms with E-state index in [1.54, 1.807) is 12.3 Å². The Kier molecular flexibility index (Phi) is 4.61. The maximum atomic E-state index is 11.6. The Hall–Kier alpha value is -2.23. The number of rotatable bonds is 5. The van der Waals surface area contributed by atoms with E-state index in [-0.39, 0.29) is 11.9 Å². The highest BCUT2D eigenvalue weighted by Crippen LogP contribution is 2.12. The molecule has 1 aromatic heterocycles. The van der Waals surface area contributed by atoms with Crippen LogP contribution in [0.5, 0.6) is 0 Å².